The Morgan fingerprint density at radius 2 is 1.89 bits per heavy atom. The predicted molar refractivity (Wildman–Crippen MR) is 78.9 cm³/mol. The molecule has 4 heteroatoms. The van der Waals surface area contributed by atoms with Gasteiger partial charge in [-0.1, -0.05) is 41.4 Å². The minimum atomic E-state index is 0.524. The lowest BCUT2D eigenvalue weighted by Crippen LogP contribution is -1.91. The quantitative estimate of drug-likeness (QED) is 0.636. The van der Waals surface area contributed by atoms with Crippen LogP contribution in [-0.2, 0) is 0 Å². The van der Waals surface area contributed by atoms with Gasteiger partial charge in [0, 0.05) is 0 Å². The fraction of sp³-hybridized carbons (Fsp3) is 0.0714. The zero-order valence-electron chi connectivity index (χ0n) is 9.82. The Bertz CT molecular complexity index is 580. The Morgan fingerprint density at radius 3 is 2.61 bits per heavy atom. The van der Waals surface area contributed by atoms with Crippen molar-refractivity contribution in [3.8, 4) is 0 Å². The van der Waals surface area contributed by atoms with Crippen LogP contribution in [0.5, 0.6) is 0 Å². The van der Waals surface area contributed by atoms with Gasteiger partial charge in [0.25, 0.3) is 0 Å². The fourth-order valence-electron chi connectivity index (χ4n) is 1.49. The van der Waals surface area contributed by atoms with Crippen molar-refractivity contribution in [1.29, 1.82) is 0 Å². The van der Waals surface area contributed by atoms with Gasteiger partial charge in [-0.25, -0.2) is 0 Å². The summed E-state index contributed by atoms with van der Waals surface area (Å²) in [6.45, 7) is 2.04. The second kappa shape index (κ2) is 5.89. The largest absolute Gasteiger partial charge is 0.278 e. The first-order chi connectivity index (χ1) is 8.65. The summed E-state index contributed by atoms with van der Waals surface area (Å²) in [4.78, 5) is 0. The van der Waals surface area contributed by atoms with Crippen molar-refractivity contribution in [2.24, 2.45) is 5.10 Å². The molecule has 0 bridgehead atoms. The Morgan fingerprint density at radius 1 is 1.06 bits per heavy atom. The van der Waals surface area contributed by atoms with Gasteiger partial charge in [-0.15, -0.1) is 0 Å². The second-order valence-corrected chi connectivity index (χ2v) is 4.73. The summed E-state index contributed by atoms with van der Waals surface area (Å²) < 4.78 is 0. The third-order valence-corrected chi connectivity index (χ3v) is 3.11. The molecule has 0 aromatic heterocycles. The number of hydrazone groups is 1. The summed E-state index contributed by atoms with van der Waals surface area (Å²) in [7, 11) is 0. The van der Waals surface area contributed by atoms with Crippen LogP contribution < -0.4 is 5.43 Å². The maximum atomic E-state index is 5.92. The SMILES string of the molecule is Cc1cccc(NN=Cc2ccc(Cl)c(Cl)c2)c1. The number of anilines is 1. The Kier molecular flexibility index (Phi) is 4.24. The molecule has 92 valence electrons. The van der Waals surface area contributed by atoms with Crippen molar-refractivity contribution >= 4 is 35.1 Å². The van der Waals surface area contributed by atoms with Gasteiger partial charge >= 0.3 is 0 Å². The van der Waals surface area contributed by atoms with E-state index in [-0.39, 0.29) is 0 Å². The van der Waals surface area contributed by atoms with Crippen LogP contribution in [0.2, 0.25) is 10.0 Å². The second-order valence-electron chi connectivity index (χ2n) is 3.91. The Labute approximate surface area is 116 Å². The fourth-order valence-corrected chi connectivity index (χ4v) is 1.80. The molecule has 0 spiro atoms. The minimum absolute atomic E-state index is 0.524. The Hall–Kier alpha value is -1.51. The first-order valence-corrected chi connectivity index (χ1v) is 6.21. The highest BCUT2D eigenvalue weighted by atomic mass is 35.5. The lowest BCUT2D eigenvalue weighted by Gasteiger charge is -2.01. The van der Waals surface area contributed by atoms with Crippen molar-refractivity contribution in [1.82, 2.24) is 0 Å². The zero-order chi connectivity index (χ0) is 13.0. The van der Waals surface area contributed by atoms with Gasteiger partial charge in [-0.05, 0) is 42.3 Å². The molecule has 0 fully saturated rings. The molecule has 0 unspecified atom stereocenters. The molecule has 2 aromatic rings. The third kappa shape index (κ3) is 3.49. The van der Waals surface area contributed by atoms with Gasteiger partial charge in [-0.2, -0.15) is 5.10 Å². The van der Waals surface area contributed by atoms with E-state index in [1.165, 1.54) is 5.56 Å². The van der Waals surface area contributed by atoms with Gasteiger partial charge in [0.15, 0.2) is 0 Å². The van der Waals surface area contributed by atoms with E-state index in [4.69, 9.17) is 23.2 Å². The maximum Gasteiger partial charge on any atom is 0.0598 e. The van der Waals surface area contributed by atoms with E-state index in [9.17, 15) is 0 Å². The number of nitrogens with one attached hydrogen (secondary N) is 1. The van der Waals surface area contributed by atoms with Crippen LogP contribution in [0.25, 0.3) is 0 Å². The average Bonchev–Trinajstić information content (AvgIpc) is 2.34. The summed E-state index contributed by atoms with van der Waals surface area (Å²) in [6.07, 6.45) is 1.70. The molecule has 2 nitrogen and oxygen atoms in total. The van der Waals surface area contributed by atoms with Crippen LogP contribution in [0, 0.1) is 6.92 Å². The summed E-state index contributed by atoms with van der Waals surface area (Å²) in [6, 6.07) is 13.4. The van der Waals surface area contributed by atoms with Crippen molar-refractivity contribution in [2.45, 2.75) is 6.92 Å². The minimum Gasteiger partial charge on any atom is -0.278 e. The van der Waals surface area contributed by atoms with Crippen LogP contribution in [0.3, 0.4) is 0 Å². The monoisotopic (exact) mass is 278 g/mol. The summed E-state index contributed by atoms with van der Waals surface area (Å²) in [5.41, 5.74) is 5.99. The lowest BCUT2D eigenvalue weighted by molar-refractivity contribution is 1.33. The van der Waals surface area contributed by atoms with Crippen LogP contribution in [0.15, 0.2) is 47.6 Å². The predicted octanol–water partition coefficient (Wildman–Crippen LogP) is 4.75. The molecule has 2 rings (SSSR count). The van der Waals surface area contributed by atoms with Crippen molar-refractivity contribution in [3.63, 3.8) is 0 Å². The van der Waals surface area contributed by atoms with E-state index >= 15 is 0 Å². The van der Waals surface area contributed by atoms with Crippen LogP contribution in [-0.4, -0.2) is 6.21 Å². The number of hydrogen-bond acceptors (Lipinski definition) is 2. The highest BCUT2D eigenvalue weighted by Gasteiger charge is 1.97. The van der Waals surface area contributed by atoms with Gasteiger partial charge in [0.2, 0.25) is 0 Å². The van der Waals surface area contributed by atoms with E-state index < -0.39 is 0 Å². The molecule has 0 aliphatic carbocycles. The number of aryl methyl sites for hydroxylation is 1. The molecular weight excluding hydrogens is 267 g/mol. The standard InChI is InChI=1S/C14H12Cl2N2/c1-10-3-2-4-12(7-10)18-17-9-11-5-6-13(15)14(16)8-11/h2-9,18H,1H3. The molecule has 0 amide bonds. The molecule has 18 heavy (non-hydrogen) atoms. The van der Waals surface area contributed by atoms with Gasteiger partial charge < -0.3 is 0 Å². The number of halogens is 2. The lowest BCUT2D eigenvalue weighted by atomic mass is 10.2. The van der Waals surface area contributed by atoms with Crippen LogP contribution in [0.1, 0.15) is 11.1 Å². The molecular formula is C14H12Cl2N2. The topological polar surface area (TPSA) is 24.4 Å². The molecule has 0 aliphatic heterocycles. The number of hydrogen-bond donors (Lipinski definition) is 1. The van der Waals surface area contributed by atoms with E-state index in [0.717, 1.165) is 11.3 Å². The zero-order valence-corrected chi connectivity index (χ0v) is 11.3. The van der Waals surface area contributed by atoms with Crippen LogP contribution in [0.4, 0.5) is 5.69 Å². The molecule has 0 saturated carbocycles. The van der Waals surface area contributed by atoms with E-state index in [1.807, 2.05) is 37.3 Å². The van der Waals surface area contributed by atoms with Crippen molar-refractivity contribution in [3.05, 3.63) is 63.6 Å². The molecule has 0 aliphatic rings. The van der Waals surface area contributed by atoms with Gasteiger partial charge in [0.05, 0.1) is 21.9 Å². The first kappa shape index (κ1) is 12.9. The first-order valence-electron chi connectivity index (χ1n) is 5.46. The Balaban J connectivity index is 2.05. The van der Waals surface area contributed by atoms with E-state index in [0.29, 0.717) is 10.0 Å². The maximum absolute atomic E-state index is 5.92. The summed E-state index contributed by atoms with van der Waals surface area (Å²) in [5, 5.41) is 5.21. The normalized spacial score (nSPS) is 10.8. The average molecular weight is 279 g/mol. The van der Waals surface area contributed by atoms with Crippen LogP contribution >= 0.6 is 23.2 Å². The number of rotatable bonds is 3. The number of benzene rings is 2. The molecule has 0 atom stereocenters. The molecule has 0 radical (unpaired) electrons. The molecule has 0 saturated heterocycles. The van der Waals surface area contributed by atoms with E-state index in [2.05, 4.69) is 10.5 Å². The smallest absolute Gasteiger partial charge is 0.0598 e. The van der Waals surface area contributed by atoms with Gasteiger partial charge in [-0.3, -0.25) is 5.43 Å². The molecule has 2 aromatic carbocycles. The summed E-state index contributed by atoms with van der Waals surface area (Å²) >= 11 is 11.8. The van der Waals surface area contributed by atoms with Gasteiger partial charge in [0.1, 0.15) is 0 Å². The highest BCUT2D eigenvalue weighted by molar-refractivity contribution is 6.42. The summed E-state index contributed by atoms with van der Waals surface area (Å²) in [5.74, 6) is 0. The molecule has 0 heterocycles. The third-order valence-electron chi connectivity index (χ3n) is 2.37. The van der Waals surface area contributed by atoms with Crippen molar-refractivity contribution < 1.29 is 0 Å². The van der Waals surface area contributed by atoms with Crippen molar-refractivity contribution in [2.75, 3.05) is 5.43 Å². The highest BCUT2D eigenvalue weighted by Crippen LogP contribution is 2.21. The number of nitrogens with zero attached hydrogens (tertiary/aromatic N) is 1. The molecule has 1 N–H and O–H groups in total. The van der Waals surface area contributed by atoms with E-state index in [1.54, 1.807) is 18.3 Å².